The van der Waals surface area contributed by atoms with Crippen molar-refractivity contribution in [1.29, 1.82) is 0 Å². The van der Waals surface area contributed by atoms with Gasteiger partial charge in [0.15, 0.2) is 11.5 Å². The van der Waals surface area contributed by atoms with Crippen molar-refractivity contribution in [3.63, 3.8) is 0 Å². The Morgan fingerprint density at radius 1 is 1.00 bits per heavy atom. The standard InChI is InChI=1S/C26H34N2O4/c1-30-21-10-8-18(9-11-21)17-28-13-12-20-14-24(31-2)25(32-3)15-22(20)23(28)16-27-26(29)19-6-4-5-7-19/h8-11,14-15,19,23H,4-7,12-13,16-17H2,1-3H3,(H,27,29)/t23-/m1/s1. The predicted octanol–water partition coefficient (Wildman–Crippen LogP) is 4.12. The van der Waals surface area contributed by atoms with Gasteiger partial charge in [0.2, 0.25) is 5.91 Å². The van der Waals surface area contributed by atoms with Crippen LogP contribution in [-0.4, -0.2) is 45.2 Å². The Balaban J connectivity index is 1.58. The number of carbonyl (C=O) groups is 1. The maximum Gasteiger partial charge on any atom is 0.223 e. The summed E-state index contributed by atoms with van der Waals surface area (Å²) in [5, 5.41) is 3.26. The van der Waals surface area contributed by atoms with Crippen molar-refractivity contribution < 1.29 is 19.0 Å². The van der Waals surface area contributed by atoms with Gasteiger partial charge < -0.3 is 19.5 Å². The molecule has 2 aliphatic rings. The van der Waals surface area contributed by atoms with E-state index >= 15 is 0 Å². The van der Waals surface area contributed by atoms with E-state index in [0.717, 1.165) is 62.4 Å². The molecule has 1 fully saturated rings. The molecule has 1 saturated carbocycles. The van der Waals surface area contributed by atoms with Gasteiger partial charge >= 0.3 is 0 Å². The van der Waals surface area contributed by atoms with E-state index in [4.69, 9.17) is 14.2 Å². The minimum atomic E-state index is 0.0750. The number of fused-ring (bicyclic) bond motifs is 1. The monoisotopic (exact) mass is 438 g/mol. The average Bonchev–Trinajstić information content (AvgIpc) is 3.38. The second-order valence-corrected chi connectivity index (χ2v) is 8.72. The van der Waals surface area contributed by atoms with Gasteiger partial charge in [0.05, 0.1) is 27.4 Å². The Bertz CT molecular complexity index is 922. The van der Waals surface area contributed by atoms with Gasteiger partial charge in [0.25, 0.3) is 0 Å². The maximum absolute atomic E-state index is 12.8. The van der Waals surface area contributed by atoms with Crippen molar-refractivity contribution in [2.75, 3.05) is 34.4 Å². The summed E-state index contributed by atoms with van der Waals surface area (Å²) in [7, 11) is 5.02. The van der Waals surface area contributed by atoms with Crippen LogP contribution in [0.4, 0.5) is 0 Å². The van der Waals surface area contributed by atoms with E-state index in [1.807, 2.05) is 12.1 Å². The van der Waals surface area contributed by atoms with Crippen LogP contribution in [-0.2, 0) is 17.8 Å². The summed E-state index contributed by atoms with van der Waals surface area (Å²) in [4.78, 5) is 15.2. The zero-order valence-corrected chi connectivity index (χ0v) is 19.4. The first-order chi connectivity index (χ1) is 15.6. The number of benzene rings is 2. The zero-order valence-electron chi connectivity index (χ0n) is 19.4. The van der Waals surface area contributed by atoms with Crippen LogP contribution >= 0.6 is 0 Å². The van der Waals surface area contributed by atoms with Crippen LogP contribution in [0.5, 0.6) is 17.2 Å². The quantitative estimate of drug-likeness (QED) is 0.672. The Labute approximate surface area is 190 Å². The lowest BCUT2D eigenvalue weighted by molar-refractivity contribution is -0.125. The molecular weight excluding hydrogens is 404 g/mol. The van der Waals surface area contributed by atoms with Gasteiger partial charge in [-0.25, -0.2) is 0 Å². The van der Waals surface area contributed by atoms with Gasteiger partial charge in [-0.1, -0.05) is 25.0 Å². The van der Waals surface area contributed by atoms with Crippen LogP contribution in [0.3, 0.4) is 0 Å². The Morgan fingerprint density at radius 2 is 1.69 bits per heavy atom. The van der Waals surface area contributed by atoms with Gasteiger partial charge in [0, 0.05) is 25.6 Å². The number of ether oxygens (including phenoxy) is 3. The summed E-state index contributed by atoms with van der Waals surface area (Å²) < 4.78 is 16.4. The third-order valence-electron chi connectivity index (χ3n) is 6.85. The summed E-state index contributed by atoms with van der Waals surface area (Å²) in [6.45, 7) is 2.31. The van der Waals surface area contributed by atoms with E-state index in [0.29, 0.717) is 6.54 Å². The second-order valence-electron chi connectivity index (χ2n) is 8.72. The highest BCUT2D eigenvalue weighted by Gasteiger charge is 2.31. The van der Waals surface area contributed by atoms with Crippen LogP contribution < -0.4 is 19.5 Å². The number of rotatable bonds is 8. The van der Waals surface area contributed by atoms with Crippen molar-refractivity contribution in [3.8, 4) is 17.2 Å². The molecule has 1 aliphatic carbocycles. The molecule has 2 aromatic rings. The molecule has 1 aliphatic heterocycles. The molecule has 1 amide bonds. The van der Waals surface area contributed by atoms with E-state index in [1.165, 1.54) is 16.7 Å². The van der Waals surface area contributed by atoms with Crippen molar-refractivity contribution >= 4 is 5.91 Å². The van der Waals surface area contributed by atoms with Gasteiger partial charge in [0.1, 0.15) is 5.75 Å². The largest absolute Gasteiger partial charge is 0.497 e. The summed E-state index contributed by atoms with van der Waals surface area (Å²) >= 11 is 0. The second kappa shape index (κ2) is 10.3. The first-order valence-corrected chi connectivity index (χ1v) is 11.5. The highest BCUT2D eigenvalue weighted by atomic mass is 16.5. The first-order valence-electron chi connectivity index (χ1n) is 11.5. The molecule has 1 atom stereocenters. The van der Waals surface area contributed by atoms with Crippen LogP contribution in [0, 0.1) is 5.92 Å². The summed E-state index contributed by atoms with van der Waals surface area (Å²) in [5.41, 5.74) is 3.68. The third kappa shape index (κ3) is 4.85. The molecule has 2 aromatic carbocycles. The molecule has 0 spiro atoms. The van der Waals surface area contributed by atoms with Gasteiger partial charge in [-0.3, -0.25) is 9.69 Å². The zero-order chi connectivity index (χ0) is 22.5. The molecule has 172 valence electrons. The molecule has 6 heteroatoms. The molecule has 4 rings (SSSR count). The van der Waals surface area contributed by atoms with Crippen LogP contribution in [0.1, 0.15) is 48.4 Å². The molecule has 0 bridgehead atoms. The average molecular weight is 439 g/mol. The Morgan fingerprint density at radius 3 is 2.34 bits per heavy atom. The van der Waals surface area contributed by atoms with Crippen molar-refractivity contribution in [2.24, 2.45) is 5.92 Å². The van der Waals surface area contributed by atoms with Gasteiger partial charge in [-0.2, -0.15) is 0 Å². The smallest absolute Gasteiger partial charge is 0.223 e. The summed E-state index contributed by atoms with van der Waals surface area (Å²) in [6.07, 6.45) is 5.26. The Hall–Kier alpha value is -2.73. The highest BCUT2D eigenvalue weighted by molar-refractivity contribution is 5.78. The third-order valence-corrected chi connectivity index (χ3v) is 6.85. The minimum Gasteiger partial charge on any atom is -0.497 e. The maximum atomic E-state index is 12.8. The van der Waals surface area contributed by atoms with Crippen LogP contribution in [0.25, 0.3) is 0 Å². The number of nitrogens with one attached hydrogen (secondary N) is 1. The van der Waals surface area contributed by atoms with E-state index in [9.17, 15) is 4.79 Å². The number of nitrogens with zero attached hydrogens (tertiary/aromatic N) is 1. The van der Waals surface area contributed by atoms with Gasteiger partial charge in [-0.05, 0) is 60.2 Å². The topological polar surface area (TPSA) is 60.0 Å². The van der Waals surface area contributed by atoms with E-state index in [1.54, 1.807) is 21.3 Å². The van der Waals surface area contributed by atoms with Crippen molar-refractivity contribution in [1.82, 2.24) is 10.2 Å². The fourth-order valence-electron chi connectivity index (χ4n) is 5.00. The molecule has 32 heavy (non-hydrogen) atoms. The van der Waals surface area contributed by atoms with E-state index in [-0.39, 0.29) is 17.9 Å². The normalized spacial score (nSPS) is 18.8. The molecule has 0 saturated heterocycles. The SMILES string of the molecule is COc1ccc(CN2CCc3cc(OC)c(OC)cc3[C@H]2CNC(=O)C2CCCC2)cc1. The molecule has 1 N–H and O–H groups in total. The van der Waals surface area contributed by atoms with Crippen LogP contribution in [0.15, 0.2) is 36.4 Å². The number of hydrogen-bond donors (Lipinski definition) is 1. The van der Waals surface area contributed by atoms with Crippen molar-refractivity contribution in [3.05, 3.63) is 53.1 Å². The van der Waals surface area contributed by atoms with Gasteiger partial charge in [-0.15, -0.1) is 0 Å². The number of carbonyl (C=O) groups excluding carboxylic acids is 1. The fourth-order valence-corrected chi connectivity index (χ4v) is 5.00. The van der Waals surface area contributed by atoms with E-state index in [2.05, 4.69) is 34.5 Å². The van der Waals surface area contributed by atoms with E-state index < -0.39 is 0 Å². The minimum absolute atomic E-state index is 0.0750. The van der Waals surface area contributed by atoms with Crippen molar-refractivity contribution in [2.45, 2.75) is 44.7 Å². The first kappa shape index (κ1) is 22.5. The Kier molecular flexibility index (Phi) is 7.20. The molecular formula is C26H34N2O4. The summed E-state index contributed by atoms with van der Waals surface area (Å²) in [6, 6.07) is 12.5. The number of amides is 1. The number of methoxy groups -OCH3 is 3. The molecule has 0 aromatic heterocycles. The number of hydrogen-bond acceptors (Lipinski definition) is 5. The predicted molar refractivity (Wildman–Crippen MR) is 124 cm³/mol. The molecule has 0 unspecified atom stereocenters. The molecule has 6 nitrogen and oxygen atoms in total. The fraction of sp³-hybridized carbons (Fsp3) is 0.500. The summed E-state index contributed by atoms with van der Waals surface area (Å²) in [5.74, 6) is 2.70. The highest BCUT2D eigenvalue weighted by Crippen LogP contribution is 2.38. The lowest BCUT2D eigenvalue weighted by atomic mass is 9.91. The van der Waals surface area contributed by atoms with Crippen LogP contribution in [0.2, 0.25) is 0 Å². The molecule has 0 radical (unpaired) electrons. The molecule has 1 heterocycles. The lowest BCUT2D eigenvalue weighted by Crippen LogP contribution is -2.43. The lowest BCUT2D eigenvalue weighted by Gasteiger charge is -2.38.